The number of nitrogens with two attached hydrogens (primary N) is 1. The first kappa shape index (κ1) is 17.4. The fourth-order valence-corrected chi connectivity index (χ4v) is 4.37. The van der Waals surface area contributed by atoms with Gasteiger partial charge in [-0.1, -0.05) is 0 Å². The van der Waals surface area contributed by atoms with Gasteiger partial charge in [-0.05, 0) is 39.7 Å². The van der Waals surface area contributed by atoms with E-state index in [9.17, 15) is 8.42 Å². The first-order valence-corrected chi connectivity index (χ1v) is 8.09. The monoisotopic (exact) mass is 322 g/mol. The Balaban J connectivity index is 0.00000200. The zero-order valence-electron chi connectivity index (χ0n) is 12.1. The standard InChI is InChI=1S/C12H22N4O2S.ClH/c1-4-15-8-12(14-10(15)3)19(17,18)16-7-11(6-13)5-9(16)2;/h8-9,11H,4-7,13H2,1-3H3;1H. The molecular weight excluding hydrogens is 300 g/mol. The molecule has 1 fully saturated rings. The molecule has 0 amide bonds. The van der Waals surface area contributed by atoms with Gasteiger partial charge in [-0.2, -0.15) is 4.31 Å². The Morgan fingerprint density at radius 2 is 2.15 bits per heavy atom. The summed E-state index contributed by atoms with van der Waals surface area (Å²) < 4.78 is 28.6. The molecule has 2 rings (SSSR count). The van der Waals surface area contributed by atoms with Crippen molar-refractivity contribution in [2.24, 2.45) is 11.7 Å². The summed E-state index contributed by atoms with van der Waals surface area (Å²) in [7, 11) is -3.50. The number of aryl methyl sites for hydroxylation is 2. The van der Waals surface area contributed by atoms with Crippen LogP contribution in [0.25, 0.3) is 0 Å². The van der Waals surface area contributed by atoms with Gasteiger partial charge in [-0.25, -0.2) is 13.4 Å². The summed E-state index contributed by atoms with van der Waals surface area (Å²) >= 11 is 0. The van der Waals surface area contributed by atoms with Crippen LogP contribution in [0, 0.1) is 12.8 Å². The van der Waals surface area contributed by atoms with E-state index in [2.05, 4.69) is 4.98 Å². The van der Waals surface area contributed by atoms with Crippen LogP contribution in [0.1, 0.15) is 26.1 Å². The molecule has 8 heteroatoms. The number of sulfonamides is 1. The van der Waals surface area contributed by atoms with Crippen molar-refractivity contribution in [3.05, 3.63) is 12.0 Å². The second kappa shape index (κ2) is 6.43. The lowest BCUT2D eigenvalue weighted by atomic mass is 10.1. The molecule has 2 atom stereocenters. The van der Waals surface area contributed by atoms with Crippen LogP contribution < -0.4 is 5.73 Å². The fourth-order valence-electron chi connectivity index (χ4n) is 2.66. The normalized spacial score (nSPS) is 23.8. The third kappa shape index (κ3) is 3.00. The Morgan fingerprint density at radius 1 is 1.50 bits per heavy atom. The first-order chi connectivity index (χ1) is 8.90. The third-order valence-corrected chi connectivity index (χ3v) is 5.66. The molecule has 1 aliphatic rings. The van der Waals surface area contributed by atoms with Gasteiger partial charge in [0.1, 0.15) is 5.82 Å². The molecule has 0 spiro atoms. The molecule has 0 radical (unpaired) electrons. The number of imidazole rings is 1. The van der Waals surface area contributed by atoms with Crippen molar-refractivity contribution in [1.82, 2.24) is 13.9 Å². The van der Waals surface area contributed by atoms with E-state index in [0.29, 0.717) is 13.1 Å². The lowest BCUT2D eigenvalue weighted by Crippen LogP contribution is -2.34. The van der Waals surface area contributed by atoms with Crippen LogP contribution >= 0.6 is 12.4 Å². The van der Waals surface area contributed by atoms with Gasteiger partial charge in [0, 0.05) is 25.3 Å². The van der Waals surface area contributed by atoms with Crippen LogP contribution in [0.4, 0.5) is 0 Å². The summed E-state index contributed by atoms with van der Waals surface area (Å²) in [6, 6.07) is -0.00867. The van der Waals surface area contributed by atoms with Gasteiger partial charge in [0.05, 0.1) is 0 Å². The van der Waals surface area contributed by atoms with Crippen LogP contribution in [0.3, 0.4) is 0 Å². The van der Waals surface area contributed by atoms with Crippen LogP contribution in [0.2, 0.25) is 0 Å². The Morgan fingerprint density at radius 3 is 2.60 bits per heavy atom. The predicted molar refractivity (Wildman–Crippen MR) is 80.4 cm³/mol. The van der Waals surface area contributed by atoms with Crippen LogP contribution in [0.5, 0.6) is 0 Å². The van der Waals surface area contributed by atoms with Gasteiger partial charge in [0.2, 0.25) is 0 Å². The van der Waals surface area contributed by atoms with E-state index in [4.69, 9.17) is 5.73 Å². The largest absolute Gasteiger partial charge is 0.334 e. The zero-order chi connectivity index (χ0) is 14.2. The Kier molecular flexibility index (Phi) is 5.60. The molecule has 116 valence electrons. The summed E-state index contributed by atoms with van der Waals surface area (Å²) in [5, 5.41) is 0.149. The molecule has 20 heavy (non-hydrogen) atoms. The molecular formula is C12H23ClN4O2S. The summed E-state index contributed by atoms with van der Waals surface area (Å²) in [6.45, 7) is 7.45. The highest BCUT2D eigenvalue weighted by atomic mass is 35.5. The zero-order valence-corrected chi connectivity index (χ0v) is 13.7. The van der Waals surface area contributed by atoms with Crippen molar-refractivity contribution in [2.75, 3.05) is 13.1 Å². The maximum Gasteiger partial charge on any atom is 0.262 e. The van der Waals surface area contributed by atoms with Gasteiger partial charge in [0.25, 0.3) is 10.0 Å². The minimum Gasteiger partial charge on any atom is -0.334 e. The van der Waals surface area contributed by atoms with E-state index in [1.807, 2.05) is 25.3 Å². The van der Waals surface area contributed by atoms with Gasteiger partial charge in [-0.15, -0.1) is 12.4 Å². The number of nitrogens with zero attached hydrogens (tertiary/aromatic N) is 3. The van der Waals surface area contributed by atoms with E-state index in [-0.39, 0.29) is 29.4 Å². The molecule has 0 aliphatic carbocycles. The Hall–Kier alpha value is -0.630. The molecule has 2 heterocycles. The quantitative estimate of drug-likeness (QED) is 0.896. The third-order valence-electron chi connectivity index (χ3n) is 3.81. The molecule has 1 saturated heterocycles. The molecule has 0 aromatic carbocycles. The highest BCUT2D eigenvalue weighted by molar-refractivity contribution is 7.89. The van der Waals surface area contributed by atoms with E-state index in [0.717, 1.165) is 18.8 Å². The molecule has 6 nitrogen and oxygen atoms in total. The minimum atomic E-state index is -3.50. The second-order valence-electron chi connectivity index (χ2n) is 5.17. The van der Waals surface area contributed by atoms with E-state index in [1.54, 1.807) is 6.20 Å². The van der Waals surface area contributed by atoms with Gasteiger partial charge >= 0.3 is 0 Å². The minimum absolute atomic E-state index is 0. The summed E-state index contributed by atoms with van der Waals surface area (Å²) in [4.78, 5) is 4.19. The molecule has 0 saturated carbocycles. The summed E-state index contributed by atoms with van der Waals surface area (Å²) in [5.41, 5.74) is 5.65. The maximum atomic E-state index is 12.6. The Bertz CT molecular complexity index is 558. The number of rotatable bonds is 4. The maximum absolute atomic E-state index is 12.6. The molecule has 0 bridgehead atoms. The van der Waals surface area contributed by atoms with Gasteiger partial charge < -0.3 is 10.3 Å². The van der Waals surface area contributed by atoms with Crippen LogP contribution in [-0.4, -0.2) is 41.4 Å². The van der Waals surface area contributed by atoms with Crippen molar-refractivity contribution in [1.29, 1.82) is 0 Å². The average Bonchev–Trinajstić information content (AvgIpc) is 2.92. The number of hydrogen-bond donors (Lipinski definition) is 1. The topological polar surface area (TPSA) is 81.2 Å². The van der Waals surface area contributed by atoms with Gasteiger partial charge in [-0.3, -0.25) is 0 Å². The number of hydrogen-bond acceptors (Lipinski definition) is 4. The van der Waals surface area contributed by atoms with Gasteiger partial charge in [0.15, 0.2) is 5.03 Å². The first-order valence-electron chi connectivity index (χ1n) is 6.65. The van der Waals surface area contributed by atoms with Crippen molar-refractivity contribution >= 4 is 22.4 Å². The van der Waals surface area contributed by atoms with E-state index < -0.39 is 10.0 Å². The highest BCUT2D eigenvalue weighted by Gasteiger charge is 2.38. The Labute approximate surface area is 126 Å². The fraction of sp³-hybridized carbons (Fsp3) is 0.750. The van der Waals surface area contributed by atoms with Crippen LogP contribution in [-0.2, 0) is 16.6 Å². The number of halogens is 1. The molecule has 1 aliphatic heterocycles. The predicted octanol–water partition coefficient (Wildman–Crippen LogP) is 0.991. The van der Waals surface area contributed by atoms with E-state index >= 15 is 0 Å². The second-order valence-corrected chi connectivity index (χ2v) is 7.01. The molecule has 2 unspecified atom stereocenters. The van der Waals surface area contributed by atoms with Crippen molar-refractivity contribution in [3.8, 4) is 0 Å². The molecule has 1 aromatic rings. The lowest BCUT2D eigenvalue weighted by molar-refractivity contribution is 0.403. The molecule has 2 N–H and O–H groups in total. The van der Waals surface area contributed by atoms with Crippen molar-refractivity contribution in [2.45, 2.75) is 44.8 Å². The summed E-state index contributed by atoms with van der Waals surface area (Å²) in [5.74, 6) is 0.974. The van der Waals surface area contributed by atoms with Crippen molar-refractivity contribution in [3.63, 3.8) is 0 Å². The highest BCUT2D eigenvalue weighted by Crippen LogP contribution is 2.28. The van der Waals surface area contributed by atoms with E-state index in [1.165, 1.54) is 4.31 Å². The van der Waals surface area contributed by atoms with Crippen molar-refractivity contribution < 1.29 is 8.42 Å². The summed E-state index contributed by atoms with van der Waals surface area (Å²) in [6.07, 6.45) is 2.44. The smallest absolute Gasteiger partial charge is 0.262 e. The van der Waals surface area contributed by atoms with Crippen LogP contribution in [0.15, 0.2) is 11.2 Å². The number of aromatic nitrogens is 2. The SMILES string of the molecule is CCn1cc(S(=O)(=O)N2CC(CN)CC2C)nc1C.Cl. The lowest BCUT2D eigenvalue weighted by Gasteiger charge is -2.19. The molecule has 1 aromatic heterocycles. The average molecular weight is 323 g/mol.